The summed E-state index contributed by atoms with van der Waals surface area (Å²) in [5, 5.41) is 0. The molecule has 0 amide bonds. The molecule has 0 unspecified atom stereocenters. The van der Waals surface area contributed by atoms with Crippen molar-refractivity contribution in [3.8, 4) is 0 Å². The monoisotopic (exact) mass is 190 g/mol. The molecule has 2 heteroatoms. The lowest BCUT2D eigenvalue weighted by atomic mass is 10.1. The molecule has 2 nitrogen and oxygen atoms in total. The first-order chi connectivity index (χ1) is 6.70. The van der Waals surface area contributed by atoms with Gasteiger partial charge in [-0.05, 0) is 18.8 Å². The Morgan fingerprint density at radius 1 is 1.43 bits per heavy atom. The van der Waals surface area contributed by atoms with Gasteiger partial charge in [-0.25, -0.2) is 4.98 Å². The number of hydrogen-bond donors (Lipinski definition) is 0. The summed E-state index contributed by atoms with van der Waals surface area (Å²) in [4.78, 5) is 4.64. The molecule has 0 fully saturated rings. The third kappa shape index (κ3) is 1.61. The van der Waals surface area contributed by atoms with Gasteiger partial charge in [-0.3, -0.25) is 0 Å². The maximum absolute atomic E-state index is 4.64. The first-order valence-corrected chi connectivity index (χ1v) is 5.48. The summed E-state index contributed by atoms with van der Waals surface area (Å²) in [6.07, 6.45) is 7.87. The Labute approximate surface area is 85.7 Å². The van der Waals surface area contributed by atoms with Gasteiger partial charge in [0.2, 0.25) is 0 Å². The highest BCUT2D eigenvalue weighted by atomic mass is 15.1. The number of aryl methyl sites for hydroxylation is 1. The number of rotatable bonds is 2. The van der Waals surface area contributed by atoms with E-state index >= 15 is 0 Å². The predicted octanol–water partition coefficient (Wildman–Crippen LogP) is 3.20. The molecule has 76 valence electrons. The second-order valence-corrected chi connectivity index (χ2v) is 4.28. The summed E-state index contributed by atoms with van der Waals surface area (Å²) < 4.78 is 2.21. The molecule has 0 saturated carbocycles. The molecule has 14 heavy (non-hydrogen) atoms. The Morgan fingerprint density at radius 3 is 2.86 bits per heavy atom. The van der Waals surface area contributed by atoms with Crippen molar-refractivity contribution in [2.24, 2.45) is 0 Å². The fourth-order valence-electron chi connectivity index (χ4n) is 1.83. The molecule has 1 aliphatic heterocycles. The third-order valence-corrected chi connectivity index (χ3v) is 2.86. The van der Waals surface area contributed by atoms with E-state index in [0.29, 0.717) is 5.92 Å². The van der Waals surface area contributed by atoms with E-state index in [-0.39, 0.29) is 0 Å². The first-order valence-electron chi connectivity index (χ1n) is 5.48. The van der Waals surface area contributed by atoms with Crippen LogP contribution in [0.4, 0.5) is 0 Å². The van der Waals surface area contributed by atoms with Crippen molar-refractivity contribution in [2.45, 2.75) is 46.0 Å². The molecule has 0 aromatic carbocycles. The van der Waals surface area contributed by atoms with Crippen LogP contribution in [-0.2, 0) is 6.42 Å². The van der Waals surface area contributed by atoms with Crippen LogP contribution in [0, 0.1) is 0 Å². The summed E-state index contributed by atoms with van der Waals surface area (Å²) in [6, 6.07) is 0. The Kier molecular flexibility index (Phi) is 2.44. The number of imidazole rings is 1. The molecular formula is C12H18N2. The Bertz CT molecular complexity index is 358. The van der Waals surface area contributed by atoms with Crippen LogP contribution in [0.15, 0.2) is 11.8 Å². The summed E-state index contributed by atoms with van der Waals surface area (Å²) in [5.41, 5.74) is 2.75. The standard InChI is InChI=1S/C12H18N2/c1-4-10-5-6-12-13-11(9(2)3)8-14(12)7-10/h7-9H,4-6H2,1-3H3. The lowest BCUT2D eigenvalue weighted by Crippen LogP contribution is -2.04. The van der Waals surface area contributed by atoms with Gasteiger partial charge in [0.25, 0.3) is 0 Å². The average Bonchev–Trinajstić information content (AvgIpc) is 2.59. The predicted molar refractivity (Wildman–Crippen MR) is 59.2 cm³/mol. The van der Waals surface area contributed by atoms with Crippen molar-refractivity contribution in [3.05, 3.63) is 23.3 Å². The van der Waals surface area contributed by atoms with Crippen molar-refractivity contribution in [2.75, 3.05) is 0 Å². The van der Waals surface area contributed by atoms with Crippen LogP contribution < -0.4 is 0 Å². The van der Waals surface area contributed by atoms with Crippen molar-refractivity contribution in [1.29, 1.82) is 0 Å². The number of nitrogens with zero attached hydrogens (tertiary/aromatic N) is 2. The number of fused-ring (bicyclic) bond motifs is 1. The van der Waals surface area contributed by atoms with Gasteiger partial charge in [0.05, 0.1) is 5.69 Å². The van der Waals surface area contributed by atoms with Gasteiger partial charge in [0.1, 0.15) is 5.82 Å². The molecule has 0 saturated heterocycles. The molecule has 1 aromatic heterocycles. The second kappa shape index (κ2) is 3.60. The van der Waals surface area contributed by atoms with E-state index in [1.165, 1.54) is 23.5 Å². The molecule has 2 heterocycles. The Hall–Kier alpha value is -1.05. The van der Waals surface area contributed by atoms with Gasteiger partial charge in [-0.1, -0.05) is 26.3 Å². The van der Waals surface area contributed by atoms with Crippen molar-refractivity contribution >= 4 is 6.20 Å². The van der Waals surface area contributed by atoms with E-state index < -0.39 is 0 Å². The average molecular weight is 190 g/mol. The topological polar surface area (TPSA) is 17.8 Å². The fraction of sp³-hybridized carbons (Fsp3) is 0.583. The van der Waals surface area contributed by atoms with Crippen LogP contribution in [0.1, 0.15) is 51.0 Å². The van der Waals surface area contributed by atoms with Crippen LogP contribution in [0.5, 0.6) is 0 Å². The molecule has 2 rings (SSSR count). The molecule has 0 aliphatic carbocycles. The largest absolute Gasteiger partial charge is 0.310 e. The molecular weight excluding hydrogens is 172 g/mol. The molecule has 0 atom stereocenters. The van der Waals surface area contributed by atoms with Gasteiger partial charge >= 0.3 is 0 Å². The van der Waals surface area contributed by atoms with E-state index in [0.717, 1.165) is 12.8 Å². The van der Waals surface area contributed by atoms with E-state index in [2.05, 4.69) is 42.7 Å². The minimum Gasteiger partial charge on any atom is -0.310 e. The molecule has 1 aromatic rings. The van der Waals surface area contributed by atoms with Gasteiger partial charge in [-0.15, -0.1) is 0 Å². The lowest BCUT2D eigenvalue weighted by Gasteiger charge is -2.12. The van der Waals surface area contributed by atoms with Gasteiger partial charge < -0.3 is 4.57 Å². The molecule has 0 bridgehead atoms. The van der Waals surface area contributed by atoms with Crippen molar-refractivity contribution < 1.29 is 0 Å². The highest BCUT2D eigenvalue weighted by Crippen LogP contribution is 2.22. The number of hydrogen-bond acceptors (Lipinski definition) is 1. The lowest BCUT2D eigenvalue weighted by molar-refractivity contribution is 0.770. The zero-order valence-corrected chi connectivity index (χ0v) is 9.25. The quantitative estimate of drug-likeness (QED) is 0.700. The number of aromatic nitrogens is 2. The highest BCUT2D eigenvalue weighted by Gasteiger charge is 2.13. The Morgan fingerprint density at radius 2 is 2.21 bits per heavy atom. The SMILES string of the molecule is CCC1=Cn2cc(C(C)C)nc2CC1. The van der Waals surface area contributed by atoms with Gasteiger partial charge in [0, 0.05) is 18.8 Å². The van der Waals surface area contributed by atoms with Crippen LogP contribution in [-0.4, -0.2) is 9.55 Å². The summed E-state index contributed by atoms with van der Waals surface area (Å²) in [7, 11) is 0. The van der Waals surface area contributed by atoms with Crippen LogP contribution in [0.2, 0.25) is 0 Å². The van der Waals surface area contributed by atoms with E-state index in [9.17, 15) is 0 Å². The summed E-state index contributed by atoms with van der Waals surface area (Å²) in [6.45, 7) is 6.61. The zero-order valence-electron chi connectivity index (χ0n) is 9.25. The van der Waals surface area contributed by atoms with Crippen LogP contribution in [0.25, 0.3) is 6.20 Å². The Balaban J connectivity index is 2.34. The fourth-order valence-corrected chi connectivity index (χ4v) is 1.83. The van der Waals surface area contributed by atoms with E-state index in [1.54, 1.807) is 0 Å². The second-order valence-electron chi connectivity index (χ2n) is 4.28. The normalized spacial score (nSPS) is 15.6. The van der Waals surface area contributed by atoms with Gasteiger partial charge in [0.15, 0.2) is 0 Å². The number of allylic oxidation sites excluding steroid dienone is 1. The summed E-state index contributed by atoms with van der Waals surface area (Å²) >= 11 is 0. The molecule has 0 N–H and O–H groups in total. The highest BCUT2D eigenvalue weighted by molar-refractivity contribution is 5.37. The zero-order chi connectivity index (χ0) is 10.1. The minimum atomic E-state index is 0.534. The summed E-state index contributed by atoms with van der Waals surface area (Å²) in [5.74, 6) is 1.76. The molecule has 1 aliphatic rings. The van der Waals surface area contributed by atoms with E-state index in [4.69, 9.17) is 0 Å². The van der Waals surface area contributed by atoms with E-state index in [1.807, 2.05) is 0 Å². The maximum atomic E-state index is 4.64. The first kappa shape index (κ1) is 9.50. The maximum Gasteiger partial charge on any atom is 0.113 e. The molecule has 0 spiro atoms. The smallest absolute Gasteiger partial charge is 0.113 e. The minimum absolute atomic E-state index is 0.534. The van der Waals surface area contributed by atoms with Crippen LogP contribution >= 0.6 is 0 Å². The van der Waals surface area contributed by atoms with Crippen LogP contribution in [0.3, 0.4) is 0 Å². The molecule has 0 radical (unpaired) electrons. The third-order valence-electron chi connectivity index (χ3n) is 2.86. The van der Waals surface area contributed by atoms with Gasteiger partial charge in [-0.2, -0.15) is 0 Å². The van der Waals surface area contributed by atoms with Crippen molar-refractivity contribution in [3.63, 3.8) is 0 Å². The van der Waals surface area contributed by atoms with Crippen molar-refractivity contribution in [1.82, 2.24) is 9.55 Å².